The van der Waals surface area contributed by atoms with Gasteiger partial charge in [0, 0.05) is 6.42 Å². The number of carboxylic acids is 1. The number of rotatable bonds is 7. The van der Waals surface area contributed by atoms with E-state index >= 15 is 0 Å². The quantitative estimate of drug-likeness (QED) is 0.822. The first-order chi connectivity index (χ1) is 9.03. The Labute approximate surface area is 115 Å². The van der Waals surface area contributed by atoms with Crippen molar-refractivity contribution in [1.82, 2.24) is 4.90 Å². The molecular weight excluding hydrogens is 242 g/mol. The summed E-state index contributed by atoms with van der Waals surface area (Å²) in [7, 11) is 1.61. The highest BCUT2D eigenvalue weighted by Crippen LogP contribution is 2.22. The molecule has 0 aliphatic heterocycles. The van der Waals surface area contributed by atoms with Crippen LogP contribution in [0.1, 0.15) is 25.0 Å². The fraction of sp³-hybridized carbons (Fsp3) is 0.533. The van der Waals surface area contributed by atoms with Gasteiger partial charge in [0.2, 0.25) is 0 Å². The van der Waals surface area contributed by atoms with Gasteiger partial charge in [-0.3, -0.25) is 9.69 Å². The summed E-state index contributed by atoms with van der Waals surface area (Å²) in [6.07, 6.45) is 0.460. The number of aliphatic carboxylic acids is 1. The smallest absolute Gasteiger partial charge is 0.321 e. The van der Waals surface area contributed by atoms with Crippen LogP contribution in [0.4, 0.5) is 0 Å². The van der Waals surface area contributed by atoms with Crippen molar-refractivity contribution in [3.63, 3.8) is 0 Å². The lowest BCUT2D eigenvalue weighted by atomic mass is 10.0. The molecule has 0 fully saturated rings. The lowest BCUT2D eigenvalue weighted by Gasteiger charge is -2.26. The first-order valence-corrected chi connectivity index (χ1v) is 6.63. The maximum atomic E-state index is 11.5. The Morgan fingerprint density at radius 1 is 1.37 bits per heavy atom. The first kappa shape index (κ1) is 15.5. The molecule has 4 heteroatoms. The number of ether oxygens (including phenoxy) is 1. The van der Waals surface area contributed by atoms with E-state index in [1.807, 2.05) is 43.9 Å². The van der Waals surface area contributed by atoms with Gasteiger partial charge < -0.3 is 9.84 Å². The number of methoxy groups -OCH3 is 1. The maximum absolute atomic E-state index is 11.5. The second-order valence-electron chi connectivity index (χ2n) is 4.59. The molecular formula is C15H23NO3. The van der Waals surface area contributed by atoms with E-state index in [1.165, 1.54) is 0 Å². The lowest BCUT2D eigenvalue weighted by Crippen LogP contribution is -2.42. The number of hydrogen-bond acceptors (Lipinski definition) is 3. The average molecular weight is 265 g/mol. The minimum absolute atomic E-state index is 0.460. The van der Waals surface area contributed by atoms with Crippen LogP contribution in [0.25, 0.3) is 0 Å². The number of hydrogen-bond donors (Lipinski definition) is 1. The second kappa shape index (κ2) is 7.14. The molecule has 1 N–H and O–H groups in total. The van der Waals surface area contributed by atoms with Gasteiger partial charge >= 0.3 is 5.97 Å². The van der Waals surface area contributed by atoms with Crippen molar-refractivity contribution in [2.45, 2.75) is 33.2 Å². The van der Waals surface area contributed by atoms with E-state index in [-0.39, 0.29) is 0 Å². The van der Waals surface area contributed by atoms with Crippen molar-refractivity contribution in [3.8, 4) is 5.75 Å². The van der Waals surface area contributed by atoms with E-state index in [2.05, 4.69) is 0 Å². The molecule has 1 rings (SSSR count). The minimum Gasteiger partial charge on any atom is -0.496 e. The van der Waals surface area contributed by atoms with Crippen molar-refractivity contribution in [2.75, 3.05) is 20.2 Å². The van der Waals surface area contributed by atoms with E-state index < -0.39 is 12.0 Å². The summed E-state index contributed by atoms with van der Waals surface area (Å²) in [6, 6.07) is 5.35. The summed E-state index contributed by atoms with van der Waals surface area (Å²) in [5, 5.41) is 9.42. The van der Waals surface area contributed by atoms with E-state index in [4.69, 9.17) is 4.74 Å². The minimum atomic E-state index is -0.785. The highest BCUT2D eigenvalue weighted by Gasteiger charge is 2.24. The monoisotopic (exact) mass is 265 g/mol. The molecule has 0 saturated carbocycles. The van der Waals surface area contributed by atoms with Gasteiger partial charge in [-0.15, -0.1) is 0 Å². The van der Waals surface area contributed by atoms with E-state index in [9.17, 15) is 9.90 Å². The Kier molecular flexibility index (Phi) is 5.83. The number of carbonyl (C=O) groups is 1. The third kappa shape index (κ3) is 3.96. The summed E-state index contributed by atoms with van der Waals surface area (Å²) in [4.78, 5) is 13.4. The summed E-state index contributed by atoms with van der Waals surface area (Å²) in [6.45, 7) is 7.40. The molecule has 0 saturated heterocycles. The van der Waals surface area contributed by atoms with Crippen LogP contribution in [-0.4, -0.2) is 42.2 Å². The van der Waals surface area contributed by atoms with Crippen LogP contribution in [0.2, 0.25) is 0 Å². The van der Waals surface area contributed by atoms with Crippen LogP contribution in [0.3, 0.4) is 0 Å². The molecule has 0 spiro atoms. The molecule has 0 amide bonds. The van der Waals surface area contributed by atoms with Gasteiger partial charge in [0.15, 0.2) is 0 Å². The Morgan fingerprint density at radius 3 is 2.47 bits per heavy atom. The number of nitrogens with zero attached hydrogens (tertiary/aromatic N) is 1. The lowest BCUT2D eigenvalue weighted by molar-refractivity contribution is -0.143. The first-order valence-electron chi connectivity index (χ1n) is 6.63. The SMILES string of the molecule is CCN(CC)C(Cc1cc(C)ccc1OC)C(=O)O. The standard InChI is InChI=1S/C15H23NO3/c1-5-16(6-2)13(15(17)18)10-12-9-11(3)7-8-14(12)19-4/h7-9,13H,5-6,10H2,1-4H3,(H,17,18). The molecule has 0 aliphatic carbocycles. The third-order valence-corrected chi connectivity index (χ3v) is 3.39. The van der Waals surface area contributed by atoms with Crippen LogP contribution in [-0.2, 0) is 11.2 Å². The molecule has 19 heavy (non-hydrogen) atoms. The van der Waals surface area contributed by atoms with E-state index in [0.717, 1.165) is 30.0 Å². The zero-order valence-electron chi connectivity index (χ0n) is 12.1. The van der Waals surface area contributed by atoms with Gasteiger partial charge in [-0.1, -0.05) is 31.5 Å². The van der Waals surface area contributed by atoms with E-state index in [1.54, 1.807) is 7.11 Å². The van der Waals surface area contributed by atoms with Crippen LogP contribution < -0.4 is 4.74 Å². The van der Waals surface area contributed by atoms with Gasteiger partial charge in [0.05, 0.1) is 7.11 Å². The average Bonchev–Trinajstić information content (AvgIpc) is 2.39. The summed E-state index contributed by atoms with van der Waals surface area (Å²) in [5.41, 5.74) is 2.06. The zero-order chi connectivity index (χ0) is 14.4. The van der Waals surface area contributed by atoms with Gasteiger partial charge in [-0.05, 0) is 31.6 Å². The molecule has 0 aliphatic rings. The molecule has 0 aromatic heterocycles. The molecule has 1 aromatic carbocycles. The fourth-order valence-electron chi connectivity index (χ4n) is 2.31. The Hall–Kier alpha value is -1.55. The normalized spacial score (nSPS) is 12.5. The largest absolute Gasteiger partial charge is 0.496 e. The second-order valence-corrected chi connectivity index (χ2v) is 4.59. The molecule has 0 heterocycles. The van der Waals surface area contributed by atoms with Crippen molar-refractivity contribution >= 4 is 5.97 Å². The van der Waals surface area contributed by atoms with Crippen LogP contribution in [0.15, 0.2) is 18.2 Å². The number of aryl methyl sites for hydroxylation is 1. The number of carboxylic acid groups (broad SMARTS) is 1. The Morgan fingerprint density at radius 2 is 2.00 bits per heavy atom. The van der Waals surface area contributed by atoms with Crippen LogP contribution in [0, 0.1) is 6.92 Å². The van der Waals surface area contributed by atoms with Crippen molar-refractivity contribution < 1.29 is 14.6 Å². The highest BCUT2D eigenvalue weighted by molar-refractivity contribution is 5.74. The van der Waals surface area contributed by atoms with Gasteiger partial charge in [0.25, 0.3) is 0 Å². The molecule has 0 bridgehead atoms. The van der Waals surface area contributed by atoms with Crippen molar-refractivity contribution in [3.05, 3.63) is 29.3 Å². The fourth-order valence-corrected chi connectivity index (χ4v) is 2.31. The highest BCUT2D eigenvalue weighted by atomic mass is 16.5. The predicted molar refractivity (Wildman–Crippen MR) is 75.8 cm³/mol. The summed E-state index contributed by atoms with van der Waals surface area (Å²) >= 11 is 0. The topological polar surface area (TPSA) is 49.8 Å². The molecule has 1 unspecified atom stereocenters. The zero-order valence-corrected chi connectivity index (χ0v) is 12.1. The third-order valence-electron chi connectivity index (χ3n) is 3.39. The van der Waals surface area contributed by atoms with Gasteiger partial charge in [-0.25, -0.2) is 0 Å². The Balaban J connectivity index is 3.02. The molecule has 4 nitrogen and oxygen atoms in total. The van der Waals surface area contributed by atoms with E-state index in [0.29, 0.717) is 6.42 Å². The molecule has 0 radical (unpaired) electrons. The Bertz CT molecular complexity index is 427. The van der Waals surface area contributed by atoms with Gasteiger partial charge in [-0.2, -0.15) is 0 Å². The summed E-state index contributed by atoms with van der Waals surface area (Å²) < 4.78 is 5.32. The number of likely N-dealkylation sites (N-methyl/N-ethyl adjacent to an activating group) is 1. The molecule has 106 valence electrons. The molecule has 1 aromatic rings. The van der Waals surface area contributed by atoms with Crippen LogP contribution >= 0.6 is 0 Å². The van der Waals surface area contributed by atoms with Crippen molar-refractivity contribution in [1.29, 1.82) is 0 Å². The van der Waals surface area contributed by atoms with Crippen LogP contribution in [0.5, 0.6) is 5.75 Å². The summed E-state index contributed by atoms with van der Waals surface area (Å²) in [5.74, 6) is -0.0312. The number of benzene rings is 1. The van der Waals surface area contributed by atoms with Gasteiger partial charge in [0.1, 0.15) is 11.8 Å². The molecule has 1 atom stereocenters. The van der Waals surface area contributed by atoms with Crippen molar-refractivity contribution in [2.24, 2.45) is 0 Å². The predicted octanol–water partition coefficient (Wildman–Crippen LogP) is 2.34. The maximum Gasteiger partial charge on any atom is 0.321 e.